The van der Waals surface area contributed by atoms with Crippen molar-refractivity contribution in [3.05, 3.63) is 65.0 Å². The largest absolute Gasteiger partial charge is 0.386 e. The van der Waals surface area contributed by atoms with E-state index in [4.69, 9.17) is 0 Å². The van der Waals surface area contributed by atoms with Crippen LogP contribution in [0, 0.1) is 0 Å². The van der Waals surface area contributed by atoms with Gasteiger partial charge in [0.2, 0.25) is 0 Å². The maximum absolute atomic E-state index is 10.3. The number of aromatic nitrogens is 1. The minimum absolute atomic E-state index is 0. The Morgan fingerprint density at radius 3 is 2.54 bits per heavy atom. The molecule has 0 saturated carbocycles. The summed E-state index contributed by atoms with van der Waals surface area (Å²) in [5.41, 5.74) is 5.09. The summed E-state index contributed by atoms with van der Waals surface area (Å²) in [6.45, 7) is 5.26. The summed E-state index contributed by atoms with van der Waals surface area (Å²) in [6.07, 6.45) is 7.71. The van der Waals surface area contributed by atoms with E-state index in [1.165, 1.54) is 42.4 Å². The number of aliphatic imine (C=N–C) groups is 1. The molecule has 6 heteroatoms. The Hall–Kier alpha value is -1.67. The summed E-state index contributed by atoms with van der Waals surface area (Å²) in [6, 6.07) is 10.6. The number of aliphatic hydroxyl groups excluding tert-OH is 1. The van der Waals surface area contributed by atoms with Gasteiger partial charge in [0.25, 0.3) is 0 Å². The van der Waals surface area contributed by atoms with E-state index in [0.29, 0.717) is 6.54 Å². The van der Waals surface area contributed by atoms with Crippen LogP contribution in [-0.2, 0) is 12.8 Å². The van der Waals surface area contributed by atoms with Gasteiger partial charge in [-0.15, -0.1) is 24.0 Å². The summed E-state index contributed by atoms with van der Waals surface area (Å²) in [7, 11) is 0. The molecule has 5 nitrogen and oxygen atoms in total. The number of benzene rings is 1. The SMILES string of the molecule is CCNC(=NCC(O)c1ccncc1)NC(C)c1ccc2c(c1)CCCC2.I. The van der Waals surface area contributed by atoms with Crippen molar-refractivity contribution in [2.45, 2.75) is 51.7 Å². The minimum atomic E-state index is -0.637. The molecule has 0 radical (unpaired) electrons. The highest BCUT2D eigenvalue weighted by Crippen LogP contribution is 2.24. The number of rotatable bonds is 6. The van der Waals surface area contributed by atoms with Crippen LogP contribution >= 0.6 is 24.0 Å². The lowest BCUT2D eigenvalue weighted by atomic mass is 9.89. The lowest BCUT2D eigenvalue weighted by Gasteiger charge is -2.22. The highest BCUT2D eigenvalue weighted by atomic mass is 127. The molecule has 2 aromatic rings. The number of nitrogens with one attached hydrogen (secondary N) is 2. The monoisotopic (exact) mass is 494 g/mol. The van der Waals surface area contributed by atoms with Gasteiger partial charge in [0.1, 0.15) is 0 Å². The second-order valence-corrected chi connectivity index (χ2v) is 7.12. The lowest BCUT2D eigenvalue weighted by molar-refractivity contribution is 0.187. The molecule has 152 valence electrons. The molecule has 0 fully saturated rings. The van der Waals surface area contributed by atoms with Crippen molar-refractivity contribution in [1.29, 1.82) is 0 Å². The normalized spacial score (nSPS) is 15.8. The zero-order valence-electron chi connectivity index (χ0n) is 16.7. The van der Waals surface area contributed by atoms with Crippen molar-refractivity contribution >= 4 is 29.9 Å². The zero-order chi connectivity index (χ0) is 19.1. The van der Waals surface area contributed by atoms with Gasteiger partial charge in [0, 0.05) is 18.9 Å². The smallest absolute Gasteiger partial charge is 0.191 e. The molecule has 1 aliphatic carbocycles. The van der Waals surface area contributed by atoms with Gasteiger partial charge >= 0.3 is 0 Å². The highest BCUT2D eigenvalue weighted by molar-refractivity contribution is 14.0. The van der Waals surface area contributed by atoms with Gasteiger partial charge in [-0.3, -0.25) is 9.98 Å². The Kier molecular flexibility index (Phi) is 9.18. The highest BCUT2D eigenvalue weighted by Gasteiger charge is 2.14. The fourth-order valence-corrected chi connectivity index (χ4v) is 3.50. The van der Waals surface area contributed by atoms with Crippen molar-refractivity contribution in [2.75, 3.05) is 13.1 Å². The van der Waals surface area contributed by atoms with Crippen molar-refractivity contribution in [2.24, 2.45) is 4.99 Å². The molecule has 2 atom stereocenters. The van der Waals surface area contributed by atoms with Crippen LogP contribution in [0.5, 0.6) is 0 Å². The fraction of sp³-hybridized carbons (Fsp3) is 0.455. The van der Waals surface area contributed by atoms with E-state index in [1.54, 1.807) is 12.4 Å². The summed E-state index contributed by atoms with van der Waals surface area (Å²) < 4.78 is 0. The second-order valence-electron chi connectivity index (χ2n) is 7.12. The lowest BCUT2D eigenvalue weighted by Crippen LogP contribution is -2.39. The van der Waals surface area contributed by atoms with Crippen LogP contribution in [0.25, 0.3) is 0 Å². The number of hydrogen-bond acceptors (Lipinski definition) is 3. The van der Waals surface area contributed by atoms with E-state index in [-0.39, 0.29) is 30.0 Å². The number of nitrogens with zero attached hydrogens (tertiary/aromatic N) is 2. The van der Waals surface area contributed by atoms with Crippen LogP contribution in [0.4, 0.5) is 0 Å². The molecule has 0 amide bonds. The van der Waals surface area contributed by atoms with E-state index in [1.807, 2.05) is 19.1 Å². The number of aryl methyl sites for hydroxylation is 2. The molecule has 0 bridgehead atoms. The first-order valence-corrected chi connectivity index (χ1v) is 9.92. The Morgan fingerprint density at radius 1 is 1.11 bits per heavy atom. The van der Waals surface area contributed by atoms with E-state index in [9.17, 15) is 5.11 Å². The molecule has 0 aliphatic heterocycles. The number of guanidine groups is 1. The van der Waals surface area contributed by atoms with Crippen LogP contribution in [0.3, 0.4) is 0 Å². The molecular weight excluding hydrogens is 463 g/mol. The van der Waals surface area contributed by atoms with E-state index in [2.05, 4.69) is 45.7 Å². The van der Waals surface area contributed by atoms with Gasteiger partial charge in [0.15, 0.2) is 5.96 Å². The third-order valence-corrected chi connectivity index (χ3v) is 5.08. The van der Waals surface area contributed by atoms with E-state index >= 15 is 0 Å². The number of pyridine rings is 1. The fourth-order valence-electron chi connectivity index (χ4n) is 3.50. The second kappa shape index (κ2) is 11.4. The summed E-state index contributed by atoms with van der Waals surface area (Å²) in [5.74, 6) is 0.718. The molecule has 1 heterocycles. The molecule has 1 aromatic carbocycles. The van der Waals surface area contributed by atoms with Crippen molar-refractivity contribution in [1.82, 2.24) is 15.6 Å². The van der Waals surface area contributed by atoms with E-state index in [0.717, 1.165) is 18.1 Å². The first kappa shape index (κ1) is 22.6. The van der Waals surface area contributed by atoms with Crippen LogP contribution in [0.1, 0.15) is 61.1 Å². The first-order valence-electron chi connectivity index (χ1n) is 9.92. The van der Waals surface area contributed by atoms with Gasteiger partial charge in [-0.2, -0.15) is 0 Å². The van der Waals surface area contributed by atoms with Crippen molar-refractivity contribution in [3.63, 3.8) is 0 Å². The maximum atomic E-state index is 10.3. The molecule has 0 saturated heterocycles. The van der Waals surface area contributed by atoms with Gasteiger partial charge < -0.3 is 15.7 Å². The predicted molar refractivity (Wildman–Crippen MR) is 125 cm³/mol. The van der Waals surface area contributed by atoms with Gasteiger partial charge in [-0.1, -0.05) is 18.2 Å². The Bertz CT molecular complexity index is 766. The Labute approximate surface area is 185 Å². The number of aliphatic hydroxyl groups is 1. The Morgan fingerprint density at radius 2 is 1.82 bits per heavy atom. The molecule has 1 aromatic heterocycles. The van der Waals surface area contributed by atoms with Gasteiger partial charge in [-0.05, 0) is 73.9 Å². The van der Waals surface area contributed by atoms with Crippen molar-refractivity contribution < 1.29 is 5.11 Å². The topological polar surface area (TPSA) is 69.5 Å². The summed E-state index contributed by atoms with van der Waals surface area (Å²) >= 11 is 0. The maximum Gasteiger partial charge on any atom is 0.191 e. The minimum Gasteiger partial charge on any atom is -0.386 e. The zero-order valence-corrected chi connectivity index (χ0v) is 19.0. The molecule has 28 heavy (non-hydrogen) atoms. The third kappa shape index (κ3) is 6.17. The number of fused-ring (bicyclic) bond motifs is 1. The van der Waals surface area contributed by atoms with Crippen LogP contribution in [0.2, 0.25) is 0 Å². The van der Waals surface area contributed by atoms with Gasteiger partial charge in [-0.25, -0.2) is 0 Å². The molecule has 0 spiro atoms. The summed E-state index contributed by atoms with van der Waals surface area (Å²) in [5, 5.41) is 17.1. The summed E-state index contributed by atoms with van der Waals surface area (Å²) in [4.78, 5) is 8.55. The van der Waals surface area contributed by atoms with E-state index < -0.39 is 6.10 Å². The van der Waals surface area contributed by atoms with Gasteiger partial charge in [0.05, 0.1) is 18.7 Å². The first-order chi connectivity index (χ1) is 13.2. The van der Waals surface area contributed by atoms with Crippen LogP contribution in [0.15, 0.2) is 47.7 Å². The molecule has 3 rings (SSSR count). The molecule has 3 N–H and O–H groups in total. The third-order valence-electron chi connectivity index (χ3n) is 5.08. The number of hydrogen-bond donors (Lipinski definition) is 3. The number of halogens is 1. The van der Waals surface area contributed by atoms with Crippen LogP contribution < -0.4 is 10.6 Å². The molecule has 2 unspecified atom stereocenters. The molecule has 1 aliphatic rings. The quantitative estimate of drug-likeness (QED) is 0.324. The average Bonchev–Trinajstić information content (AvgIpc) is 2.72. The average molecular weight is 494 g/mol. The Balaban J connectivity index is 0.00000280. The van der Waals surface area contributed by atoms with Crippen molar-refractivity contribution in [3.8, 4) is 0 Å². The standard InChI is InChI=1S/C22H30N4O.HI/c1-3-24-22(25-15-21(27)18-10-12-23-13-11-18)26-16(2)19-9-8-17-6-4-5-7-20(17)14-19;/h8-14,16,21,27H,3-7,15H2,1-2H3,(H2,24,25,26);1H. The van der Waals surface area contributed by atoms with Crippen LogP contribution in [-0.4, -0.2) is 29.1 Å². The predicted octanol–water partition coefficient (Wildman–Crippen LogP) is 3.93. The molecular formula is C22H31IN4O.